The molecule has 0 heterocycles. The third-order valence-electron chi connectivity index (χ3n) is 3.46. The highest BCUT2D eigenvalue weighted by Crippen LogP contribution is 2.25. The minimum atomic E-state index is -0.610. The van der Waals surface area contributed by atoms with Crippen molar-refractivity contribution in [1.82, 2.24) is 0 Å². The first-order valence-electron chi connectivity index (χ1n) is 6.12. The van der Waals surface area contributed by atoms with Crippen LogP contribution in [0.5, 0.6) is 0 Å². The Labute approximate surface area is 96.5 Å². The van der Waals surface area contributed by atoms with Crippen molar-refractivity contribution in [2.75, 3.05) is 12.3 Å². The van der Waals surface area contributed by atoms with Gasteiger partial charge in [-0.3, -0.25) is 4.21 Å². The fourth-order valence-corrected chi connectivity index (χ4v) is 3.92. The molecule has 0 amide bonds. The van der Waals surface area contributed by atoms with Crippen LogP contribution < -0.4 is 5.73 Å². The Hall–Kier alpha value is 0.110. The van der Waals surface area contributed by atoms with Crippen LogP contribution in [0.2, 0.25) is 0 Å². The average Bonchev–Trinajstić information content (AvgIpc) is 2.27. The average molecular weight is 231 g/mol. The van der Waals surface area contributed by atoms with E-state index >= 15 is 0 Å². The molecule has 1 atom stereocenters. The summed E-state index contributed by atoms with van der Waals surface area (Å²) >= 11 is 0. The van der Waals surface area contributed by atoms with Gasteiger partial charge in [0, 0.05) is 21.8 Å². The minimum absolute atomic E-state index is 0.157. The number of rotatable bonds is 5. The highest BCUT2D eigenvalue weighted by atomic mass is 32.2. The Kier molecular flexibility index (Phi) is 5.27. The van der Waals surface area contributed by atoms with E-state index < -0.39 is 10.8 Å². The minimum Gasteiger partial charge on any atom is -0.330 e. The van der Waals surface area contributed by atoms with Gasteiger partial charge in [0.2, 0.25) is 0 Å². The molecule has 0 aromatic carbocycles. The van der Waals surface area contributed by atoms with E-state index in [0.717, 1.165) is 12.2 Å². The molecule has 0 aromatic rings. The fourth-order valence-electron chi connectivity index (χ4n) is 1.97. The molecule has 0 spiro atoms. The first kappa shape index (κ1) is 13.2. The Morgan fingerprint density at radius 3 is 2.40 bits per heavy atom. The van der Waals surface area contributed by atoms with E-state index in [1.807, 2.05) is 0 Å². The zero-order valence-corrected chi connectivity index (χ0v) is 10.9. The molecular weight excluding hydrogens is 206 g/mol. The van der Waals surface area contributed by atoms with Gasteiger partial charge in [-0.25, -0.2) is 0 Å². The van der Waals surface area contributed by atoms with Crippen LogP contribution in [0.4, 0.5) is 0 Å². The maximum absolute atomic E-state index is 12.0. The Morgan fingerprint density at radius 2 is 1.87 bits per heavy atom. The van der Waals surface area contributed by atoms with Crippen molar-refractivity contribution in [3.05, 3.63) is 0 Å². The number of nitrogens with two attached hydrogens (primary N) is 1. The van der Waals surface area contributed by atoms with Crippen molar-refractivity contribution in [3.8, 4) is 0 Å². The van der Waals surface area contributed by atoms with Crippen molar-refractivity contribution in [2.45, 2.75) is 57.6 Å². The second-order valence-corrected chi connectivity index (χ2v) is 7.30. The lowest BCUT2D eigenvalue weighted by Crippen LogP contribution is -2.28. The zero-order chi connectivity index (χ0) is 11.3. The van der Waals surface area contributed by atoms with Crippen LogP contribution in [0.1, 0.15) is 52.4 Å². The third kappa shape index (κ3) is 4.64. The highest BCUT2D eigenvalue weighted by Gasteiger charge is 2.22. The van der Waals surface area contributed by atoms with Crippen LogP contribution in [-0.2, 0) is 10.8 Å². The zero-order valence-electron chi connectivity index (χ0n) is 10.1. The first-order chi connectivity index (χ1) is 7.05. The van der Waals surface area contributed by atoms with Gasteiger partial charge in [0.15, 0.2) is 0 Å². The molecule has 0 saturated heterocycles. The normalized spacial score (nSPS) is 21.5. The SMILES string of the molecule is CC(C)(CN)CCS(=O)C1CCCCC1. The molecule has 2 nitrogen and oxygen atoms in total. The summed E-state index contributed by atoms with van der Waals surface area (Å²) in [6.45, 7) is 5.00. The molecule has 15 heavy (non-hydrogen) atoms. The van der Waals surface area contributed by atoms with Gasteiger partial charge in [-0.15, -0.1) is 0 Å². The van der Waals surface area contributed by atoms with Crippen molar-refractivity contribution in [2.24, 2.45) is 11.1 Å². The molecule has 1 fully saturated rings. The van der Waals surface area contributed by atoms with Gasteiger partial charge in [-0.2, -0.15) is 0 Å². The van der Waals surface area contributed by atoms with E-state index in [0.29, 0.717) is 11.8 Å². The van der Waals surface area contributed by atoms with Crippen LogP contribution in [0, 0.1) is 5.41 Å². The van der Waals surface area contributed by atoms with E-state index in [9.17, 15) is 4.21 Å². The van der Waals surface area contributed by atoms with Crippen LogP contribution in [-0.4, -0.2) is 21.8 Å². The Bertz CT molecular complexity index is 210. The van der Waals surface area contributed by atoms with Gasteiger partial charge in [0.05, 0.1) is 0 Å². The maximum atomic E-state index is 12.0. The van der Waals surface area contributed by atoms with Crippen molar-refractivity contribution in [3.63, 3.8) is 0 Å². The van der Waals surface area contributed by atoms with E-state index in [1.54, 1.807) is 0 Å². The highest BCUT2D eigenvalue weighted by molar-refractivity contribution is 7.85. The molecule has 1 aliphatic carbocycles. The van der Waals surface area contributed by atoms with E-state index in [1.165, 1.54) is 32.1 Å². The van der Waals surface area contributed by atoms with Crippen molar-refractivity contribution < 1.29 is 4.21 Å². The number of hydrogen-bond donors (Lipinski definition) is 1. The summed E-state index contributed by atoms with van der Waals surface area (Å²) in [5.41, 5.74) is 5.83. The van der Waals surface area contributed by atoms with Gasteiger partial charge < -0.3 is 5.73 Å². The van der Waals surface area contributed by atoms with Crippen molar-refractivity contribution in [1.29, 1.82) is 0 Å². The Balaban J connectivity index is 2.28. The van der Waals surface area contributed by atoms with E-state index in [2.05, 4.69) is 13.8 Å². The van der Waals surface area contributed by atoms with E-state index in [4.69, 9.17) is 5.73 Å². The predicted octanol–water partition coefficient (Wildman–Crippen LogP) is 2.44. The maximum Gasteiger partial charge on any atom is 0.0348 e. The molecule has 1 saturated carbocycles. The molecule has 0 bridgehead atoms. The van der Waals surface area contributed by atoms with Gasteiger partial charge in [0.25, 0.3) is 0 Å². The van der Waals surface area contributed by atoms with Crippen LogP contribution in [0.25, 0.3) is 0 Å². The third-order valence-corrected chi connectivity index (χ3v) is 5.28. The largest absolute Gasteiger partial charge is 0.330 e. The van der Waals surface area contributed by atoms with Crippen molar-refractivity contribution >= 4 is 10.8 Å². The molecule has 1 aliphatic rings. The molecule has 2 N–H and O–H groups in total. The van der Waals surface area contributed by atoms with Gasteiger partial charge in [0.1, 0.15) is 0 Å². The summed E-state index contributed by atoms with van der Waals surface area (Å²) in [6, 6.07) is 0. The Morgan fingerprint density at radius 1 is 1.27 bits per heavy atom. The summed E-state index contributed by atoms with van der Waals surface area (Å²) in [4.78, 5) is 0. The molecule has 3 heteroatoms. The predicted molar refractivity (Wildman–Crippen MR) is 67.3 cm³/mol. The molecule has 0 aliphatic heterocycles. The standard InChI is InChI=1S/C12H25NOS/c1-12(2,10-13)8-9-15(14)11-6-4-3-5-7-11/h11H,3-10,13H2,1-2H3. The summed E-state index contributed by atoms with van der Waals surface area (Å²) in [5, 5.41) is 0.479. The molecular formula is C12H25NOS. The van der Waals surface area contributed by atoms with E-state index in [-0.39, 0.29) is 5.41 Å². The fraction of sp³-hybridized carbons (Fsp3) is 1.00. The van der Waals surface area contributed by atoms with Crippen LogP contribution in [0.15, 0.2) is 0 Å². The molecule has 1 rings (SSSR count). The van der Waals surface area contributed by atoms with Gasteiger partial charge in [-0.1, -0.05) is 33.1 Å². The lowest BCUT2D eigenvalue weighted by Gasteiger charge is -2.25. The smallest absolute Gasteiger partial charge is 0.0348 e. The lowest BCUT2D eigenvalue weighted by atomic mass is 9.91. The quantitative estimate of drug-likeness (QED) is 0.790. The summed E-state index contributed by atoms with van der Waals surface area (Å²) in [6.07, 6.45) is 7.23. The summed E-state index contributed by atoms with van der Waals surface area (Å²) < 4.78 is 12.0. The molecule has 0 radical (unpaired) electrons. The molecule has 90 valence electrons. The summed E-state index contributed by atoms with van der Waals surface area (Å²) in [5.74, 6) is 0.842. The van der Waals surface area contributed by atoms with Gasteiger partial charge >= 0.3 is 0 Å². The number of hydrogen-bond acceptors (Lipinski definition) is 2. The second kappa shape index (κ2) is 6.00. The summed E-state index contributed by atoms with van der Waals surface area (Å²) in [7, 11) is -0.610. The van der Waals surface area contributed by atoms with Gasteiger partial charge in [-0.05, 0) is 31.2 Å². The molecule has 1 unspecified atom stereocenters. The van der Waals surface area contributed by atoms with Crippen LogP contribution >= 0.6 is 0 Å². The second-order valence-electron chi connectivity index (χ2n) is 5.46. The molecule has 0 aromatic heterocycles. The monoisotopic (exact) mass is 231 g/mol. The van der Waals surface area contributed by atoms with Crippen LogP contribution in [0.3, 0.4) is 0 Å². The lowest BCUT2D eigenvalue weighted by molar-refractivity contribution is 0.366. The topological polar surface area (TPSA) is 43.1 Å². The first-order valence-corrected chi connectivity index (χ1v) is 7.50.